The van der Waals surface area contributed by atoms with E-state index in [1.54, 1.807) is 48.5 Å². The number of hydrogen-bond acceptors (Lipinski definition) is 5. The number of hydrogen-bond donors (Lipinski definition) is 0. The second-order valence-corrected chi connectivity index (χ2v) is 17.3. The molecule has 9 nitrogen and oxygen atoms in total. The molecule has 73 heavy (non-hydrogen) atoms. The first-order valence-corrected chi connectivity index (χ1v) is 23.0. The summed E-state index contributed by atoms with van der Waals surface area (Å²) in [4.78, 5) is 21.5. The van der Waals surface area contributed by atoms with Gasteiger partial charge in [0.25, 0.3) is 0 Å². The second-order valence-electron chi connectivity index (χ2n) is 17.3. The molecule has 334 valence electrons. The van der Waals surface area contributed by atoms with Crippen LogP contribution in [-0.2, 0) is 0 Å². The minimum Gasteiger partial charge on any atom is -0.308 e. The van der Waals surface area contributed by atoms with Crippen molar-refractivity contribution in [3.8, 4) is 102 Å². The molecule has 0 radical (unpaired) electrons. The summed E-state index contributed by atoms with van der Waals surface area (Å²) >= 11 is 0. The van der Waals surface area contributed by atoms with Gasteiger partial charge in [-0.1, -0.05) is 103 Å². The van der Waals surface area contributed by atoms with Crippen LogP contribution in [0.25, 0.3) is 120 Å². The number of nitriles is 3. The first-order valence-electron chi connectivity index (χ1n) is 23.0. The highest BCUT2D eigenvalue weighted by atomic mass is 15.0. The maximum Gasteiger partial charge on any atom is 0.189 e. The third-order valence-electron chi connectivity index (χ3n) is 12.8. The first kappa shape index (κ1) is 44.3. The maximum atomic E-state index is 10.3. The molecule has 11 rings (SSSR count). The molecule has 0 N–H and O–H groups in total. The highest BCUT2D eigenvalue weighted by Crippen LogP contribution is 2.46. The normalized spacial score (nSPS) is 10.7. The quantitative estimate of drug-likeness (QED) is 0.141. The van der Waals surface area contributed by atoms with Crippen LogP contribution >= 0.6 is 0 Å². The molecule has 0 atom stereocenters. The van der Waals surface area contributed by atoms with Crippen LogP contribution in [0, 0.1) is 53.7 Å². The van der Waals surface area contributed by atoms with Crippen LogP contribution in [0.5, 0.6) is 0 Å². The molecule has 0 fully saturated rings. The molecule has 0 aliphatic rings. The fourth-order valence-corrected chi connectivity index (χ4v) is 9.47. The van der Waals surface area contributed by atoms with Gasteiger partial charge < -0.3 is 4.57 Å². The van der Waals surface area contributed by atoms with Gasteiger partial charge in [-0.05, 0) is 130 Å². The monoisotopic (exact) mass is 927 g/mol. The van der Waals surface area contributed by atoms with Crippen LogP contribution in [0.1, 0.15) is 16.7 Å². The van der Waals surface area contributed by atoms with Crippen molar-refractivity contribution >= 4 is 38.9 Å². The van der Waals surface area contributed by atoms with E-state index in [0.29, 0.717) is 56.4 Å². The minimum absolute atomic E-state index is 0.345. The molecule has 9 heteroatoms. The Morgan fingerprint density at radius 2 is 0.822 bits per heavy atom. The lowest BCUT2D eigenvalue weighted by atomic mass is 9.90. The Morgan fingerprint density at radius 1 is 0.356 bits per heavy atom. The molecule has 0 saturated heterocycles. The van der Waals surface area contributed by atoms with Crippen molar-refractivity contribution in [3.63, 3.8) is 0 Å². The van der Waals surface area contributed by atoms with E-state index in [1.807, 2.05) is 127 Å². The van der Waals surface area contributed by atoms with E-state index in [-0.39, 0.29) is 0 Å². The highest BCUT2D eigenvalue weighted by Gasteiger charge is 2.24. The van der Waals surface area contributed by atoms with E-state index in [2.05, 4.69) is 61.6 Å². The maximum absolute atomic E-state index is 10.3. The number of rotatable bonds is 8. The molecule has 0 aliphatic heterocycles. The molecule has 0 bridgehead atoms. The summed E-state index contributed by atoms with van der Waals surface area (Å²) in [6.45, 7) is 23.7. The summed E-state index contributed by atoms with van der Waals surface area (Å²) in [6, 6.07) is 70.4. The van der Waals surface area contributed by atoms with Gasteiger partial charge >= 0.3 is 0 Å². The summed E-state index contributed by atoms with van der Waals surface area (Å²) in [6.07, 6.45) is 0. The molecular weight excluding hydrogens is 895 g/mol. The minimum atomic E-state index is 0.345. The van der Waals surface area contributed by atoms with E-state index in [4.69, 9.17) is 29.7 Å². The summed E-state index contributed by atoms with van der Waals surface area (Å²) in [7, 11) is 0. The van der Waals surface area contributed by atoms with Gasteiger partial charge in [0, 0.05) is 49.7 Å². The number of nitrogens with zero attached hydrogens (tertiary/aromatic N) is 9. The average molecular weight is 928 g/mol. The second kappa shape index (κ2) is 18.7. The lowest BCUT2D eigenvalue weighted by Gasteiger charge is -2.22. The summed E-state index contributed by atoms with van der Waals surface area (Å²) in [5.74, 6) is 0.548. The summed E-state index contributed by atoms with van der Waals surface area (Å²) in [5, 5.41) is 32.0. The van der Waals surface area contributed by atoms with Gasteiger partial charge in [-0.3, -0.25) is 0 Å². The molecule has 0 unspecified atom stereocenters. The van der Waals surface area contributed by atoms with Crippen molar-refractivity contribution in [1.82, 2.24) is 14.5 Å². The van der Waals surface area contributed by atoms with E-state index in [0.717, 1.165) is 83.3 Å². The molecule has 0 amide bonds. The van der Waals surface area contributed by atoms with Crippen LogP contribution in [0.3, 0.4) is 0 Å². The van der Waals surface area contributed by atoms with Crippen LogP contribution in [-0.4, -0.2) is 14.5 Å². The molecule has 0 saturated carbocycles. The number of aromatic nitrogens is 3. The number of fused-ring (bicyclic) bond motifs is 3. The number of benzene rings is 9. The van der Waals surface area contributed by atoms with Gasteiger partial charge in [0.15, 0.2) is 22.9 Å². The van der Waals surface area contributed by atoms with Crippen LogP contribution in [0.15, 0.2) is 200 Å². The van der Waals surface area contributed by atoms with Gasteiger partial charge in [0.05, 0.1) is 71.6 Å². The third kappa shape index (κ3) is 8.34. The van der Waals surface area contributed by atoms with Gasteiger partial charge in [-0.25, -0.2) is 24.5 Å². The molecule has 11 aromatic rings. The van der Waals surface area contributed by atoms with E-state index < -0.39 is 0 Å². The van der Waals surface area contributed by atoms with E-state index >= 15 is 0 Å². The molecule has 0 spiro atoms. The Bertz CT molecular complexity index is 4000. The first-order chi connectivity index (χ1) is 35.8. The Kier molecular flexibility index (Phi) is 11.4. The van der Waals surface area contributed by atoms with Crippen molar-refractivity contribution < 1.29 is 0 Å². The summed E-state index contributed by atoms with van der Waals surface area (Å²) < 4.78 is 2.22. The van der Waals surface area contributed by atoms with Crippen LogP contribution < -0.4 is 0 Å². The van der Waals surface area contributed by atoms with Crippen molar-refractivity contribution in [2.45, 2.75) is 0 Å². The van der Waals surface area contributed by atoms with Crippen molar-refractivity contribution in [3.05, 3.63) is 251 Å². The van der Waals surface area contributed by atoms with Gasteiger partial charge in [0.1, 0.15) is 0 Å². The summed E-state index contributed by atoms with van der Waals surface area (Å²) in [5.41, 5.74) is 14.8. The molecule has 0 aliphatic carbocycles. The lowest BCUT2D eigenvalue weighted by Crippen LogP contribution is -2.03. The molecular formula is C64H33N9. The average Bonchev–Trinajstić information content (AvgIpc) is 3.79. The molecule has 9 aromatic carbocycles. The molecule has 2 aromatic heterocycles. The zero-order chi connectivity index (χ0) is 50.0. The van der Waals surface area contributed by atoms with Crippen molar-refractivity contribution in [2.24, 2.45) is 0 Å². The SMILES string of the molecule is [C-]#[N+]c1cc(C#N)cc(-c2ccc3c(c2)c2cc(-c4cc(C#N)cc([N+]#[C-])c4)ccc2n3-c2c(-c3cccc(C#N)c3)cc(-c3cc(-c4ccccc4)nc(-c4ccccc4)n3)cc2-c2cccc([N+]#[C-])c2)c1. The van der Waals surface area contributed by atoms with E-state index in [1.165, 1.54) is 0 Å². The lowest BCUT2D eigenvalue weighted by molar-refractivity contribution is 1.17. The Hall–Kier alpha value is -11.2. The Morgan fingerprint density at radius 3 is 1.36 bits per heavy atom. The standard InChI is InChI=1S/C64H33N9/c1-68-52-19-11-18-48(29-52)56-35-51(60-36-59(43-13-6-4-7-14-43)71-64(72-60)44-15-8-5-9-16-44)34-55(47-17-10-12-40(24-47)37-65)63(56)73-61-22-20-45(49-25-41(38-66)27-53(30-49)69-2)32-57(61)58-33-46(21-23-62(58)73)50-26-42(39-67)28-54(31-50)70-3/h4-36H. The van der Waals surface area contributed by atoms with Gasteiger partial charge in [-0.15, -0.1) is 0 Å². The third-order valence-corrected chi connectivity index (χ3v) is 12.8. The Labute approximate surface area is 420 Å². The van der Waals surface area contributed by atoms with Crippen molar-refractivity contribution in [2.75, 3.05) is 0 Å². The predicted octanol–water partition coefficient (Wildman–Crippen LogP) is 16.5. The van der Waals surface area contributed by atoms with Crippen LogP contribution in [0.2, 0.25) is 0 Å². The van der Waals surface area contributed by atoms with E-state index in [9.17, 15) is 15.8 Å². The topological polar surface area (TPSA) is 115 Å². The smallest absolute Gasteiger partial charge is 0.189 e. The van der Waals surface area contributed by atoms with Crippen molar-refractivity contribution in [1.29, 1.82) is 15.8 Å². The van der Waals surface area contributed by atoms with Gasteiger partial charge in [-0.2, -0.15) is 15.8 Å². The van der Waals surface area contributed by atoms with Gasteiger partial charge in [0.2, 0.25) is 0 Å². The zero-order valence-electron chi connectivity index (χ0n) is 38.6. The molecule has 2 heterocycles. The van der Waals surface area contributed by atoms with Crippen LogP contribution in [0.4, 0.5) is 17.1 Å². The predicted molar refractivity (Wildman–Crippen MR) is 287 cm³/mol. The zero-order valence-corrected chi connectivity index (χ0v) is 38.6. The fourth-order valence-electron chi connectivity index (χ4n) is 9.47. The Balaban J connectivity index is 1.28. The fraction of sp³-hybridized carbons (Fsp3) is 0. The highest BCUT2D eigenvalue weighted by molar-refractivity contribution is 6.13. The largest absolute Gasteiger partial charge is 0.308 e.